The third-order valence-corrected chi connectivity index (χ3v) is 4.56. The van der Waals surface area contributed by atoms with E-state index in [1.54, 1.807) is 0 Å². The molecular formula is C17H25N5O. The highest BCUT2D eigenvalue weighted by Gasteiger charge is 2.19. The molecule has 2 heterocycles. The fraction of sp³-hybridized carbons (Fsp3) is 0.529. The highest BCUT2D eigenvalue weighted by atomic mass is 16.2. The molecule has 1 fully saturated rings. The van der Waals surface area contributed by atoms with Crippen LogP contribution in [-0.2, 0) is 6.54 Å². The Balaban J connectivity index is 1.53. The first-order valence-electron chi connectivity index (χ1n) is 8.36. The fourth-order valence-electron chi connectivity index (χ4n) is 3.13. The van der Waals surface area contributed by atoms with Crippen molar-refractivity contribution < 1.29 is 4.79 Å². The monoisotopic (exact) mass is 315 g/mol. The van der Waals surface area contributed by atoms with E-state index in [2.05, 4.69) is 32.8 Å². The van der Waals surface area contributed by atoms with Crippen LogP contribution in [0.5, 0.6) is 0 Å². The van der Waals surface area contributed by atoms with E-state index < -0.39 is 0 Å². The zero-order chi connectivity index (χ0) is 16.2. The summed E-state index contributed by atoms with van der Waals surface area (Å²) in [5.41, 5.74) is 2.13. The molecule has 1 N–H and O–H groups in total. The number of rotatable bonds is 4. The number of benzene rings is 1. The maximum Gasteiger partial charge on any atom is 0.317 e. The Labute approximate surface area is 137 Å². The molecule has 1 aromatic carbocycles. The molecule has 0 bridgehead atoms. The number of imidazole rings is 1. The van der Waals surface area contributed by atoms with Crippen molar-refractivity contribution in [3.63, 3.8) is 0 Å². The standard InChI is InChI=1S/C17H25N5O/c1-3-20-10-12-21(13-11-20)17(23)18-8-9-22-14(2)19-15-6-4-5-7-16(15)22/h4-7H,3,8-13H2,1-2H3,(H,18,23). The summed E-state index contributed by atoms with van der Waals surface area (Å²) in [5, 5.41) is 3.04. The second-order valence-corrected chi connectivity index (χ2v) is 5.95. The molecule has 0 spiro atoms. The molecule has 2 amide bonds. The molecule has 1 aromatic heterocycles. The largest absolute Gasteiger partial charge is 0.336 e. The molecule has 1 saturated heterocycles. The maximum absolute atomic E-state index is 12.2. The molecule has 0 unspecified atom stereocenters. The van der Waals surface area contributed by atoms with Gasteiger partial charge in [0.05, 0.1) is 11.0 Å². The number of para-hydroxylation sites is 2. The van der Waals surface area contributed by atoms with Gasteiger partial charge in [-0.05, 0) is 25.6 Å². The van der Waals surface area contributed by atoms with Crippen molar-refractivity contribution in [2.24, 2.45) is 0 Å². The average Bonchev–Trinajstić information content (AvgIpc) is 2.90. The van der Waals surface area contributed by atoms with Crippen molar-refractivity contribution in [3.8, 4) is 0 Å². The van der Waals surface area contributed by atoms with E-state index in [0.717, 1.165) is 56.1 Å². The fourth-order valence-corrected chi connectivity index (χ4v) is 3.13. The second kappa shape index (κ2) is 7.00. The second-order valence-electron chi connectivity index (χ2n) is 5.95. The van der Waals surface area contributed by atoms with Crippen molar-refractivity contribution in [2.75, 3.05) is 39.3 Å². The number of aryl methyl sites for hydroxylation is 1. The van der Waals surface area contributed by atoms with Gasteiger partial charge < -0.3 is 19.7 Å². The Kier molecular flexibility index (Phi) is 4.81. The Morgan fingerprint density at radius 2 is 1.96 bits per heavy atom. The van der Waals surface area contributed by atoms with Gasteiger partial charge in [-0.15, -0.1) is 0 Å². The number of piperazine rings is 1. The third kappa shape index (κ3) is 3.47. The normalized spacial score (nSPS) is 16.0. The Hall–Kier alpha value is -2.08. The van der Waals surface area contributed by atoms with Gasteiger partial charge in [-0.2, -0.15) is 0 Å². The van der Waals surface area contributed by atoms with E-state index in [9.17, 15) is 4.79 Å². The number of carbonyl (C=O) groups is 1. The molecule has 2 aromatic rings. The lowest BCUT2D eigenvalue weighted by Crippen LogP contribution is -2.51. The number of likely N-dealkylation sites (N-methyl/N-ethyl adjacent to an activating group) is 1. The zero-order valence-electron chi connectivity index (χ0n) is 14.0. The Morgan fingerprint density at radius 3 is 2.70 bits per heavy atom. The van der Waals surface area contributed by atoms with Crippen LogP contribution in [-0.4, -0.2) is 64.7 Å². The number of hydrogen-bond acceptors (Lipinski definition) is 3. The molecular weight excluding hydrogens is 290 g/mol. The zero-order valence-corrected chi connectivity index (χ0v) is 14.0. The van der Waals surface area contributed by atoms with Gasteiger partial charge in [-0.3, -0.25) is 0 Å². The Bertz CT molecular complexity index is 673. The Morgan fingerprint density at radius 1 is 1.22 bits per heavy atom. The van der Waals surface area contributed by atoms with Crippen molar-refractivity contribution >= 4 is 17.1 Å². The first kappa shape index (κ1) is 15.8. The first-order valence-corrected chi connectivity index (χ1v) is 8.36. The SMILES string of the molecule is CCN1CCN(C(=O)NCCn2c(C)nc3ccccc32)CC1. The highest BCUT2D eigenvalue weighted by Crippen LogP contribution is 2.14. The molecule has 0 saturated carbocycles. The van der Waals surface area contributed by atoms with Crippen LogP contribution in [0.4, 0.5) is 4.79 Å². The lowest BCUT2D eigenvalue weighted by atomic mass is 10.3. The molecule has 0 atom stereocenters. The van der Waals surface area contributed by atoms with Gasteiger partial charge in [0.15, 0.2) is 0 Å². The van der Waals surface area contributed by atoms with E-state index in [1.165, 1.54) is 0 Å². The van der Waals surface area contributed by atoms with E-state index in [-0.39, 0.29) is 6.03 Å². The van der Waals surface area contributed by atoms with Gasteiger partial charge in [0.2, 0.25) is 0 Å². The highest BCUT2D eigenvalue weighted by molar-refractivity contribution is 5.76. The van der Waals surface area contributed by atoms with Gasteiger partial charge in [0, 0.05) is 39.3 Å². The molecule has 6 nitrogen and oxygen atoms in total. The van der Waals surface area contributed by atoms with Gasteiger partial charge >= 0.3 is 6.03 Å². The number of amides is 2. The first-order chi connectivity index (χ1) is 11.2. The van der Waals surface area contributed by atoms with E-state index in [4.69, 9.17) is 0 Å². The van der Waals surface area contributed by atoms with Crippen LogP contribution >= 0.6 is 0 Å². The number of carbonyl (C=O) groups excluding carboxylic acids is 1. The molecule has 23 heavy (non-hydrogen) atoms. The summed E-state index contributed by atoms with van der Waals surface area (Å²) in [6, 6.07) is 8.15. The number of urea groups is 1. The van der Waals surface area contributed by atoms with Crippen molar-refractivity contribution in [3.05, 3.63) is 30.1 Å². The number of aromatic nitrogens is 2. The third-order valence-electron chi connectivity index (χ3n) is 4.56. The van der Waals surface area contributed by atoms with Crippen LogP contribution in [0.25, 0.3) is 11.0 Å². The van der Waals surface area contributed by atoms with Crippen molar-refractivity contribution in [1.82, 2.24) is 24.7 Å². The summed E-state index contributed by atoms with van der Waals surface area (Å²) in [6.07, 6.45) is 0. The molecule has 124 valence electrons. The van der Waals surface area contributed by atoms with Crippen LogP contribution in [0.15, 0.2) is 24.3 Å². The van der Waals surface area contributed by atoms with Crippen LogP contribution in [0.1, 0.15) is 12.7 Å². The van der Waals surface area contributed by atoms with Crippen LogP contribution in [0.3, 0.4) is 0 Å². The van der Waals surface area contributed by atoms with Gasteiger partial charge in [-0.25, -0.2) is 9.78 Å². The molecule has 3 rings (SSSR count). The quantitative estimate of drug-likeness (QED) is 0.934. The molecule has 1 aliphatic heterocycles. The molecule has 6 heteroatoms. The molecule has 1 aliphatic rings. The minimum absolute atomic E-state index is 0.0443. The number of hydrogen-bond donors (Lipinski definition) is 1. The van der Waals surface area contributed by atoms with Crippen LogP contribution < -0.4 is 5.32 Å². The summed E-state index contributed by atoms with van der Waals surface area (Å²) in [5.74, 6) is 0.983. The van der Waals surface area contributed by atoms with Gasteiger partial charge in [0.1, 0.15) is 5.82 Å². The lowest BCUT2D eigenvalue weighted by Gasteiger charge is -2.34. The molecule has 0 aliphatic carbocycles. The molecule has 0 radical (unpaired) electrons. The average molecular weight is 315 g/mol. The predicted octanol–water partition coefficient (Wildman–Crippen LogP) is 1.69. The minimum Gasteiger partial charge on any atom is -0.336 e. The van der Waals surface area contributed by atoms with Crippen molar-refractivity contribution in [1.29, 1.82) is 0 Å². The van der Waals surface area contributed by atoms with E-state index >= 15 is 0 Å². The summed E-state index contributed by atoms with van der Waals surface area (Å²) < 4.78 is 2.16. The number of nitrogens with zero attached hydrogens (tertiary/aromatic N) is 4. The summed E-state index contributed by atoms with van der Waals surface area (Å²) in [6.45, 7) is 10.1. The number of nitrogens with one attached hydrogen (secondary N) is 1. The number of fused-ring (bicyclic) bond motifs is 1. The van der Waals surface area contributed by atoms with E-state index in [0.29, 0.717) is 6.54 Å². The summed E-state index contributed by atoms with van der Waals surface area (Å²) in [7, 11) is 0. The van der Waals surface area contributed by atoms with Gasteiger partial charge in [-0.1, -0.05) is 19.1 Å². The van der Waals surface area contributed by atoms with E-state index in [1.807, 2.05) is 30.0 Å². The van der Waals surface area contributed by atoms with Crippen LogP contribution in [0.2, 0.25) is 0 Å². The van der Waals surface area contributed by atoms with Gasteiger partial charge in [0.25, 0.3) is 0 Å². The van der Waals surface area contributed by atoms with Crippen LogP contribution in [0, 0.1) is 6.92 Å². The van der Waals surface area contributed by atoms with Crippen molar-refractivity contribution in [2.45, 2.75) is 20.4 Å². The topological polar surface area (TPSA) is 53.4 Å². The summed E-state index contributed by atoms with van der Waals surface area (Å²) >= 11 is 0. The predicted molar refractivity (Wildman–Crippen MR) is 91.6 cm³/mol. The smallest absolute Gasteiger partial charge is 0.317 e. The summed E-state index contributed by atoms with van der Waals surface area (Å²) in [4.78, 5) is 21.1. The minimum atomic E-state index is 0.0443. The lowest BCUT2D eigenvalue weighted by molar-refractivity contribution is 0.143. The maximum atomic E-state index is 12.2.